The average molecular weight is 234 g/mol. The van der Waals surface area contributed by atoms with Gasteiger partial charge in [0.25, 0.3) is 5.56 Å². The van der Waals surface area contributed by atoms with Gasteiger partial charge in [0, 0.05) is 20.6 Å². The van der Waals surface area contributed by atoms with Gasteiger partial charge in [-0.1, -0.05) is 0 Å². The number of aromatic nitrogens is 4. The smallest absolute Gasteiger partial charge is 0.328 e. The molecule has 1 saturated carbocycles. The maximum Gasteiger partial charge on any atom is 0.332 e. The fraction of sp³-hybridized carbons (Fsp3) is 0.545. The van der Waals surface area contributed by atoms with Crippen LogP contribution in [0.1, 0.15) is 12.8 Å². The van der Waals surface area contributed by atoms with Gasteiger partial charge in [0.2, 0.25) is 0 Å². The molecule has 0 aliphatic heterocycles. The SMILES string of the molecule is Cn1cnc2c1c(=O)n(CC1CC1)c(=O)n2C. The second-order valence-corrected chi connectivity index (χ2v) is 4.73. The topological polar surface area (TPSA) is 61.8 Å². The van der Waals surface area contributed by atoms with Crippen LogP contribution >= 0.6 is 0 Å². The number of rotatable bonds is 2. The van der Waals surface area contributed by atoms with Crippen molar-refractivity contribution < 1.29 is 0 Å². The molecule has 90 valence electrons. The molecule has 6 nitrogen and oxygen atoms in total. The van der Waals surface area contributed by atoms with Gasteiger partial charge in [0.05, 0.1) is 6.33 Å². The minimum atomic E-state index is -0.270. The summed E-state index contributed by atoms with van der Waals surface area (Å²) >= 11 is 0. The molecular formula is C11H14N4O2. The monoisotopic (exact) mass is 234 g/mol. The summed E-state index contributed by atoms with van der Waals surface area (Å²) in [4.78, 5) is 28.4. The van der Waals surface area contributed by atoms with Gasteiger partial charge >= 0.3 is 5.69 Å². The molecule has 0 bridgehead atoms. The van der Waals surface area contributed by atoms with Gasteiger partial charge in [-0.15, -0.1) is 0 Å². The summed E-state index contributed by atoms with van der Waals surface area (Å²) in [6, 6.07) is 0. The van der Waals surface area contributed by atoms with Crippen LogP contribution in [0.25, 0.3) is 11.2 Å². The Morgan fingerprint density at radius 3 is 2.71 bits per heavy atom. The standard InChI is InChI=1S/C11H14N4O2/c1-13-6-12-9-8(13)10(16)15(5-7-3-4-7)11(17)14(9)2/h6-7H,3-5H2,1-2H3. The lowest BCUT2D eigenvalue weighted by atomic mass is 10.4. The third kappa shape index (κ3) is 1.44. The van der Waals surface area contributed by atoms with Gasteiger partial charge in [0.15, 0.2) is 11.2 Å². The van der Waals surface area contributed by atoms with Gasteiger partial charge < -0.3 is 4.57 Å². The lowest BCUT2D eigenvalue weighted by molar-refractivity contribution is 0.557. The van der Waals surface area contributed by atoms with Crippen LogP contribution in [0.3, 0.4) is 0 Å². The summed E-state index contributed by atoms with van der Waals surface area (Å²) in [7, 11) is 3.42. The van der Waals surface area contributed by atoms with E-state index < -0.39 is 0 Å². The molecule has 2 aromatic rings. The summed E-state index contributed by atoms with van der Waals surface area (Å²) in [6.45, 7) is 0.534. The van der Waals surface area contributed by atoms with Crippen LogP contribution in [0, 0.1) is 5.92 Å². The van der Waals surface area contributed by atoms with Gasteiger partial charge in [-0.05, 0) is 18.8 Å². The van der Waals surface area contributed by atoms with Gasteiger partial charge in [-0.2, -0.15) is 0 Å². The highest BCUT2D eigenvalue weighted by molar-refractivity contribution is 5.69. The Morgan fingerprint density at radius 1 is 1.35 bits per heavy atom. The predicted molar refractivity (Wildman–Crippen MR) is 62.9 cm³/mol. The van der Waals surface area contributed by atoms with Crippen molar-refractivity contribution in [2.24, 2.45) is 20.0 Å². The highest BCUT2D eigenvalue weighted by atomic mass is 16.2. The van der Waals surface area contributed by atoms with Crippen LogP contribution < -0.4 is 11.2 Å². The Labute approximate surface area is 97.1 Å². The van der Waals surface area contributed by atoms with Crippen LogP contribution in [0.4, 0.5) is 0 Å². The Hall–Kier alpha value is -1.85. The number of hydrogen-bond acceptors (Lipinski definition) is 3. The Morgan fingerprint density at radius 2 is 2.06 bits per heavy atom. The van der Waals surface area contributed by atoms with Crippen LogP contribution in [0.2, 0.25) is 0 Å². The van der Waals surface area contributed by atoms with E-state index in [0.717, 1.165) is 12.8 Å². The van der Waals surface area contributed by atoms with E-state index in [9.17, 15) is 9.59 Å². The fourth-order valence-electron chi connectivity index (χ4n) is 2.12. The molecule has 0 spiro atoms. The van der Waals surface area contributed by atoms with Crippen LogP contribution in [-0.4, -0.2) is 18.7 Å². The summed E-state index contributed by atoms with van der Waals surface area (Å²) in [5, 5.41) is 0. The third-order valence-corrected chi connectivity index (χ3v) is 3.34. The number of nitrogens with zero attached hydrogens (tertiary/aromatic N) is 4. The molecule has 0 aromatic carbocycles. The largest absolute Gasteiger partial charge is 0.332 e. The van der Waals surface area contributed by atoms with E-state index in [2.05, 4.69) is 4.98 Å². The molecule has 0 amide bonds. The molecule has 2 heterocycles. The molecule has 17 heavy (non-hydrogen) atoms. The summed E-state index contributed by atoms with van der Waals surface area (Å²) in [5.41, 5.74) is 0.449. The van der Waals surface area contributed by atoms with E-state index in [1.54, 1.807) is 25.0 Å². The van der Waals surface area contributed by atoms with Crippen LogP contribution in [-0.2, 0) is 20.6 Å². The average Bonchev–Trinajstić information content (AvgIpc) is 3.04. The predicted octanol–water partition coefficient (Wildman–Crippen LogP) is -0.156. The Bertz CT molecular complexity index is 703. The minimum absolute atomic E-state index is 0.227. The molecule has 0 saturated heterocycles. The number of fused-ring (bicyclic) bond motifs is 1. The minimum Gasteiger partial charge on any atom is -0.328 e. The fourth-order valence-corrected chi connectivity index (χ4v) is 2.12. The first-order chi connectivity index (χ1) is 8.09. The van der Waals surface area contributed by atoms with Crippen molar-refractivity contribution in [3.8, 4) is 0 Å². The van der Waals surface area contributed by atoms with Crippen molar-refractivity contribution in [2.75, 3.05) is 0 Å². The molecule has 2 aromatic heterocycles. The van der Waals surface area contributed by atoms with Crippen molar-refractivity contribution in [1.29, 1.82) is 0 Å². The van der Waals surface area contributed by atoms with Crippen molar-refractivity contribution in [2.45, 2.75) is 19.4 Å². The lowest BCUT2D eigenvalue weighted by Crippen LogP contribution is -2.40. The van der Waals surface area contributed by atoms with Crippen molar-refractivity contribution in [3.63, 3.8) is 0 Å². The zero-order chi connectivity index (χ0) is 12.2. The second kappa shape index (κ2) is 3.32. The molecule has 0 N–H and O–H groups in total. The van der Waals surface area contributed by atoms with E-state index in [1.807, 2.05) is 0 Å². The molecule has 0 atom stereocenters. The Balaban J connectivity index is 2.37. The molecule has 0 radical (unpaired) electrons. The molecule has 0 unspecified atom stereocenters. The van der Waals surface area contributed by atoms with Crippen molar-refractivity contribution in [3.05, 3.63) is 27.2 Å². The zero-order valence-corrected chi connectivity index (χ0v) is 9.88. The molecule has 1 fully saturated rings. The lowest BCUT2D eigenvalue weighted by Gasteiger charge is -2.07. The summed E-state index contributed by atoms with van der Waals surface area (Å²) in [6.07, 6.45) is 3.78. The van der Waals surface area contributed by atoms with Crippen molar-refractivity contribution in [1.82, 2.24) is 18.7 Å². The van der Waals surface area contributed by atoms with Gasteiger partial charge in [-0.3, -0.25) is 13.9 Å². The molecule has 1 aliphatic rings. The van der Waals surface area contributed by atoms with Gasteiger partial charge in [-0.25, -0.2) is 9.78 Å². The van der Waals surface area contributed by atoms with Crippen LogP contribution in [0.5, 0.6) is 0 Å². The normalized spacial score (nSPS) is 15.6. The van der Waals surface area contributed by atoms with Crippen LogP contribution in [0.15, 0.2) is 15.9 Å². The zero-order valence-electron chi connectivity index (χ0n) is 9.88. The molecule has 6 heteroatoms. The maximum atomic E-state index is 12.2. The van der Waals surface area contributed by atoms with E-state index in [4.69, 9.17) is 0 Å². The maximum absolute atomic E-state index is 12.2. The first-order valence-corrected chi connectivity index (χ1v) is 5.70. The summed E-state index contributed by atoms with van der Waals surface area (Å²) < 4.78 is 4.45. The van der Waals surface area contributed by atoms with E-state index >= 15 is 0 Å². The van der Waals surface area contributed by atoms with E-state index in [-0.39, 0.29) is 11.2 Å². The third-order valence-electron chi connectivity index (χ3n) is 3.34. The quantitative estimate of drug-likeness (QED) is 0.725. The highest BCUT2D eigenvalue weighted by Crippen LogP contribution is 2.29. The Kier molecular flexibility index (Phi) is 2.01. The highest BCUT2D eigenvalue weighted by Gasteiger charge is 2.25. The van der Waals surface area contributed by atoms with E-state index in [1.165, 1.54) is 9.13 Å². The summed E-state index contributed by atoms with van der Waals surface area (Å²) in [5.74, 6) is 0.492. The molecule has 3 rings (SSSR count). The number of imidazole rings is 1. The first-order valence-electron chi connectivity index (χ1n) is 5.70. The second-order valence-electron chi connectivity index (χ2n) is 4.73. The van der Waals surface area contributed by atoms with E-state index in [0.29, 0.717) is 23.6 Å². The number of aryl methyl sites for hydroxylation is 2. The van der Waals surface area contributed by atoms with Gasteiger partial charge in [0.1, 0.15) is 0 Å². The molecule has 1 aliphatic carbocycles. The number of hydrogen-bond donors (Lipinski definition) is 0. The molecular weight excluding hydrogens is 220 g/mol. The first kappa shape index (κ1) is 10.3. The van der Waals surface area contributed by atoms with Crippen molar-refractivity contribution >= 4 is 11.2 Å².